The summed E-state index contributed by atoms with van der Waals surface area (Å²) in [6, 6.07) is 8.74. The lowest BCUT2D eigenvalue weighted by Gasteiger charge is -2.26. The lowest BCUT2D eigenvalue weighted by atomic mass is 9.98. The van der Waals surface area contributed by atoms with Gasteiger partial charge in [0.25, 0.3) is 0 Å². The monoisotopic (exact) mass is 234 g/mol. The molecular weight excluding hydrogens is 208 g/mol. The van der Waals surface area contributed by atoms with Crippen LogP contribution in [-0.2, 0) is 6.54 Å². The van der Waals surface area contributed by atoms with Crippen molar-refractivity contribution in [1.29, 1.82) is 0 Å². The summed E-state index contributed by atoms with van der Waals surface area (Å²) in [4.78, 5) is 2.12. The number of nitrogens with zero attached hydrogens (tertiary/aromatic N) is 1. The second kappa shape index (κ2) is 6.06. The Morgan fingerprint density at radius 1 is 1.12 bits per heavy atom. The molecule has 0 aliphatic heterocycles. The summed E-state index contributed by atoms with van der Waals surface area (Å²) in [5.41, 5.74) is 2.83. The Kier molecular flexibility index (Phi) is 5.01. The molecule has 1 aromatic rings. The molecule has 0 aliphatic rings. The van der Waals surface area contributed by atoms with E-state index in [0.717, 1.165) is 6.54 Å². The topological polar surface area (TPSA) is 15.3 Å². The van der Waals surface area contributed by atoms with Crippen LogP contribution < -0.4 is 10.2 Å². The molecule has 0 amide bonds. The van der Waals surface area contributed by atoms with Crippen molar-refractivity contribution in [1.82, 2.24) is 5.32 Å². The molecule has 0 aromatic heterocycles. The van der Waals surface area contributed by atoms with E-state index < -0.39 is 0 Å². The SMILES string of the molecule is CCCC(C)(C)NCc1ccc(N(C)C)cc1. The molecule has 1 rings (SSSR count). The molecule has 0 spiro atoms. The number of benzene rings is 1. The Labute approximate surface area is 106 Å². The van der Waals surface area contributed by atoms with E-state index in [1.54, 1.807) is 0 Å². The highest BCUT2D eigenvalue weighted by molar-refractivity contribution is 5.45. The van der Waals surface area contributed by atoms with Gasteiger partial charge in [-0.3, -0.25) is 0 Å². The number of rotatable bonds is 6. The van der Waals surface area contributed by atoms with Crippen LogP contribution in [0.25, 0.3) is 0 Å². The van der Waals surface area contributed by atoms with Gasteiger partial charge in [0, 0.05) is 31.9 Å². The fraction of sp³-hybridized carbons (Fsp3) is 0.600. The minimum absolute atomic E-state index is 0.231. The zero-order valence-corrected chi connectivity index (χ0v) is 11.9. The number of hydrogen-bond donors (Lipinski definition) is 1. The molecule has 1 N–H and O–H groups in total. The standard InChI is InChI=1S/C15H26N2/c1-6-11-15(2,3)16-12-13-7-9-14(10-8-13)17(4)5/h7-10,16H,6,11-12H2,1-5H3. The van der Waals surface area contributed by atoms with E-state index in [2.05, 4.69) is 69.3 Å². The highest BCUT2D eigenvalue weighted by Crippen LogP contribution is 2.15. The third-order valence-corrected chi connectivity index (χ3v) is 3.10. The van der Waals surface area contributed by atoms with Crippen molar-refractivity contribution in [3.63, 3.8) is 0 Å². The lowest BCUT2D eigenvalue weighted by Crippen LogP contribution is -2.38. The Hall–Kier alpha value is -1.02. The third kappa shape index (κ3) is 4.78. The van der Waals surface area contributed by atoms with E-state index in [1.807, 2.05) is 0 Å². The fourth-order valence-corrected chi connectivity index (χ4v) is 1.97. The van der Waals surface area contributed by atoms with Gasteiger partial charge in [0.1, 0.15) is 0 Å². The second-order valence-corrected chi connectivity index (χ2v) is 5.55. The average Bonchev–Trinajstić information content (AvgIpc) is 2.27. The molecule has 0 radical (unpaired) electrons. The van der Waals surface area contributed by atoms with Gasteiger partial charge in [-0.25, -0.2) is 0 Å². The molecule has 0 heterocycles. The molecular formula is C15H26N2. The molecule has 0 saturated carbocycles. The van der Waals surface area contributed by atoms with Gasteiger partial charge >= 0.3 is 0 Å². The number of anilines is 1. The van der Waals surface area contributed by atoms with Gasteiger partial charge in [-0.1, -0.05) is 25.5 Å². The summed E-state index contributed by atoms with van der Waals surface area (Å²) >= 11 is 0. The van der Waals surface area contributed by atoms with Crippen LogP contribution in [0, 0.1) is 0 Å². The molecule has 0 unspecified atom stereocenters. The van der Waals surface area contributed by atoms with E-state index in [9.17, 15) is 0 Å². The zero-order chi connectivity index (χ0) is 12.9. The summed E-state index contributed by atoms with van der Waals surface area (Å²) in [6.45, 7) is 7.71. The minimum Gasteiger partial charge on any atom is -0.378 e. The smallest absolute Gasteiger partial charge is 0.0361 e. The van der Waals surface area contributed by atoms with Gasteiger partial charge in [0.2, 0.25) is 0 Å². The van der Waals surface area contributed by atoms with E-state index in [1.165, 1.54) is 24.1 Å². The van der Waals surface area contributed by atoms with Crippen molar-refractivity contribution in [2.75, 3.05) is 19.0 Å². The van der Waals surface area contributed by atoms with Crippen LogP contribution in [0.4, 0.5) is 5.69 Å². The van der Waals surface area contributed by atoms with Crippen molar-refractivity contribution in [2.45, 2.75) is 45.7 Å². The Balaban J connectivity index is 2.52. The Morgan fingerprint density at radius 2 is 1.71 bits per heavy atom. The van der Waals surface area contributed by atoms with E-state index >= 15 is 0 Å². The summed E-state index contributed by atoms with van der Waals surface area (Å²) in [7, 11) is 4.13. The summed E-state index contributed by atoms with van der Waals surface area (Å²) in [5, 5.41) is 3.61. The molecule has 2 heteroatoms. The first-order valence-electron chi connectivity index (χ1n) is 6.46. The van der Waals surface area contributed by atoms with E-state index in [-0.39, 0.29) is 5.54 Å². The zero-order valence-electron chi connectivity index (χ0n) is 11.9. The molecule has 0 aliphatic carbocycles. The highest BCUT2D eigenvalue weighted by atomic mass is 15.1. The summed E-state index contributed by atoms with van der Waals surface area (Å²) in [6.07, 6.45) is 2.43. The van der Waals surface area contributed by atoms with Crippen molar-refractivity contribution in [3.8, 4) is 0 Å². The summed E-state index contributed by atoms with van der Waals surface area (Å²) in [5.74, 6) is 0. The maximum absolute atomic E-state index is 3.61. The van der Waals surface area contributed by atoms with Crippen LogP contribution in [0.2, 0.25) is 0 Å². The van der Waals surface area contributed by atoms with Crippen molar-refractivity contribution >= 4 is 5.69 Å². The fourth-order valence-electron chi connectivity index (χ4n) is 1.97. The number of nitrogens with one attached hydrogen (secondary N) is 1. The van der Waals surface area contributed by atoms with Crippen LogP contribution in [0.15, 0.2) is 24.3 Å². The summed E-state index contributed by atoms with van der Waals surface area (Å²) < 4.78 is 0. The van der Waals surface area contributed by atoms with Crippen LogP contribution in [0.1, 0.15) is 39.2 Å². The van der Waals surface area contributed by atoms with Crippen molar-refractivity contribution < 1.29 is 0 Å². The molecule has 96 valence electrons. The van der Waals surface area contributed by atoms with Crippen LogP contribution in [0.3, 0.4) is 0 Å². The van der Waals surface area contributed by atoms with Gasteiger partial charge in [0.15, 0.2) is 0 Å². The highest BCUT2D eigenvalue weighted by Gasteiger charge is 2.14. The first kappa shape index (κ1) is 14.0. The molecule has 0 atom stereocenters. The molecule has 0 fully saturated rings. The molecule has 0 saturated heterocycles. The van der Waals surface area contributed by atoms with Gasteiger partial charge < -0.3 is 10.2 Å². The molecule has 0 bridgehead atoms. The average molecular weight is 234 g/mol. The van der Waals surface area contributed by atoms with Crippen molar-refractivity contribution in [3.05, 3.63) is 29.8 Å². The molecule has 1 aromatic carbocycles. The van der Waals surface area contributed by atoms with Crippen LogP contribution >= 0.6 is 0 Å². The Bertz CT molecular complexity index is 325. The predicted octanol–water partition coefficient (Wildman–Crippen LogP) is 3.42. The minimum atomic E-state index is 0.231. The third-order valence-electron chi connectivity index (χ3n) is 3.10. The predicted molar refractivity (Wildman–Crippen MR) is 76.6 cm³/mol. The number of hydrogen-bond acceptors (Lipinski definition) is 2. The van der Waals surface area contributed by atoms with E-state index in [4.69, 9.17) is 0 Å². The maximum Gasteiger partial charge on any atom is 0.0361 e. The van der Waals surface area contributed by atoms with Crippen LogP contribution in [0.5, 0.6) is 0 Å². The largest absolute Gasteiger partial charge is 0.378 e. The quantitative estimate of drug-likeness (QED) is 0.811. The van der Waals surface area contributed by atoms with Crippen molar-refractivity contribution in [2.24, 2.45) is 0 Å². The second-order valence-electron chi connectivity index (χ2n) is 5.55. The van der Waals surface area contributed by atoms with Gasteiger partial charge in [-0.2, -0.15) is 0 Å². The van der Waals surface area contributed by atoms with E-state index in [0.29, 0.717) is 0 Å². The van der Waals surface area contributed by atoms with Gasteiger partial charge in [-0.05, 0) is 38.0 Å². The molecule has 17 heavy (non-hydrogen) atoms. The normalized spacial score (nSPS) is 11.6. The van der Waals surface area contributed by atoms with Crippen LogP contribution in [-0.4, -0.2) is 19.6 Å². The molecule has 2 nitrogen and oxygen atoms in total. The maximum atomic E-state index is 3.61. The lowest BCUT2D eigenvalue weighted by molar-refractivity contribution is 0.357. The first-order chi connectivity index (χ1) is 7.94. The first-order valence-corrected chi connectivity index (χ1v) is 6.46. The van der Waals surface area contributed by atoms with Gasteiger partial charge in [0.05, 0.1) is 0 Å². The van der Waals surface area contributed by atoms with Gasteiger partial charge in [-0.15, -0.1) is 0 Å². The Morgan fingerprint density at radius 3 is 2.18 bits per heavy atom.